The molecule has 0 unspecified atom stereocenters. The molecule has 0 radical (unpaired) electrons. The highest BCUT2D eigenvalue weighted by Gasteiger charge is 2.21. The molecule has 4 nitrogen and oxygen atoms in total. The summed E-state index contributed by atoms with van der Waals surface area (Å²) < 4.78 is 5.48. The summed E-state index contributed by atoms with van der Waals surface area (Å²) in [5.41, 5.74) is 6.48. The van der Waals surface area contributed by atoms with Gasteiger partial charge in [0.15, 0.2) is 0 Å². The molecule has 1 aromatic carbocycles. The molecule has 0 spiro atoms. The molecule has 0 heterocycles. The highest BCUT2D eigenvalue weighted by atomic mass is 16.5. The summed E-state index contributed by atoms with van der Waals surface area (Å²) in [5.74, 6) is 0.597. The zero-order valence-electron chi connectivity index (χ0n) is 11.4. The van der Waals surface area contributed by atoms with Crippen molar-refractivity contribution in [3.8, 4) is 5.75 Å². The van der Waals surface area contributed by atoms with Crippen LogP contribution < -0.4 is 15.8 Å². The van der Waals surface area contributed by atoms with Gasteiger partial charge in [0.05, 0.1) is 12.2 Å². The Morgan fingerprint density at radius 2 is 2.00 bits per heavy atom. The number of hydrogen-bond acceptors (Lipinski definition) is 3. The summed E-state index contributed by atoms with van der Waals surface area (Å²) in [5, 5.41) is 3.08. The monoisotopic (exact) mass is 262 g/mol. The lowest BCUT2D eigenvalue weighted by atomic mass is 9.91. The van der Waals surface area contributed by atoms with Crippen LogP contribution in [0.2, 0.25) is 0 Å². The van der Waals surface area contributed by atoms with Crippen LogP contribution in [-0.2, 0) is 0 Å². The third-order valence-electron chi connectivity index (χ3n) is 3.54. The molecule has 19 heavy (non-hydrogen) atoms. The SMILES string of the molecule is CCOc1ccccc1C(=O)NC1CCC(N)CC1. The van der Waals surface area contributed by atoms with E-state index >= 15 is 0 Å². The Hall–Kier alpha value is -1.55. The highest BCUT2D eigenvalue weighted by Crippen LogP contribution is 2.20. The summed E-state index contributed by atoms with van der Waals surface area (Å²) in [4.78, 5) is 12.3. The van der Waals surface area contributed by atoms with Crippen molar-refractivity contribution in [2.24, 2.45) is 5.73 Å². The summed E-state index contributed by atoms with van der Waals surface area (Å²) >= 11 is 0. The molecule has 1 aliphatic rings. The van der Waals surface area contributed by atoms with Crippen molar-refractivity contribution >= 4 is 5.91 Å². The van der Waals surface area contributed by atoms with Crippen LogP contribution in [0.1, 0.15) is 43.0 Å². The van der Waals surface area contributed by atoms with Crippen LogP contribution in [0.15, 0.2) is 24.3 Å². The van der Waals surface area contributed by atoms with Crippen LogP contribution in [0.25, 0.3) is 0 Å². The Morgan fingerprint density at radius 1 is 1.32 bits per heavy atom. The molecule has 0 aromatic heterocycles. The van der Waals surface area contributed by atoms with Gasteiger partial charge in [-0.15, -0.1) is 0 Å². The van der Waals surface area contributed by atoms with Gasteiger partial charge >= 0.3 is 0 Å². The lowest BCUT2D eigenvalue weighted by molar-refractivity contribution is 0.0922. The van der Waals surface area contributed by atoms with E-state index in [1.54, 1.807) is 6.07 Å². The number of nitrogens with one attached hydrogen (secondary N) is 1. The molecule has 1 amide bonds. The molecule has 4 heteroatoms. The van der Waals surface area contributed by atoms with Gasteiger partial charge in [0.2, 0.25) is 0 Å². The highest BCUT2D eigenvalue weighted by molar-refractivity contribution is 5.97. The predicted octanol–water partition coefficient (Wildman–Crippen LogP) is 2.08. The van der Waals surface area contributed by atoms with Crippen molar-refractivity contribution in [2.75, 3.05) is 6.61 Å². The van der Waals surface area contributed by atoms with E-state index in [2.05, 4.69) is 5.32 Å². The average molecular weight is 262 g/mol. The number of carbonyl (C=O) groups is 1. The number of para-hydroxylation sites is 1. The maximum absolute atomic E-state index is 12.3. The van der Waals surface area contributed by atoms with Gasteiger partial charge < -0.3 is 15.8 Å². The normalized spacial score (nSPS) is 22.8. The number of amides is 1. The fourth-order valence-corrected chi connectivity index (χ4v) is 2.46. The van der Waals surface area contributed by atoms with Crippen LogP contribution in [0.3, 0.4) is 0 Å². The molecule has 1 aromatic rings. The summed E-state index contributed by atoms with van der Waals surface area (Å²) in [7, 11) is 0. The Balaban J connectivity index is 1.99. The van der Waals surface area contributed by atoms with E-state index in [-0.39, 0.29) is 11.9 Å². The first-order chi connectivity index (χ1) is 9.20. The topological polar surface area (TPSA) is 64.3 Å². The Bertz CT molecular complexity index is 426. The third-order valence-corrected chi connectivity index (χ3v) is 3.54. The van der Waals surface area contributed by atoms with Gasteiger partial charge in [0.1, 0.15) is 5.75 Å². The second-order valence-corrected chi connectivity index (χ2v) is 5.01. The second-order valence-electron chi connectivity index (χ2n) is 5.01. The van der Waals surface area contributed by atoms with Gasteiger partial charge in [-0.3, -0.25) is 4.79 Å². The quantitative estimate of drug-likeness (QED) is 0.873. The van der Waals surface area contributed by atoms with Crippen molar-refractivity contribution in [1.82, 2.24) is 5.32 Å². The van der Waals surface area contributed by atoms with E-state index < -0.39 is 0 Å². The van der Waals surface area contributed by atoms with Crippen LogP contribution in [0.5, 0.6) is 5.75 Å². The molecule has 0 saturated heterocycles. The largest absolute Gasteiger partial charge is 0.493 e. The maximum atomic E-state index is 12.3. The minimum absolute atomic E-state index is 0.0514. The molecule has 0 bridgehead atoms. The molecule has 104 valence electrons. The van der Waals surface area contributed by atoms with Crippen molar-refractivity contribution < 1.29 is 9.53 Å². The molecule has 3 N–H and O–H groups in total. The van der Waals surface area contributed by atoms with Crippen molar-refractivity contribution in [3.05, 3.63) is 29.8 Å². The first kappa shape index (κ1) is 13.9. The minimum atomic E-state index is -0.0514. The van der Waals surface area contributed by atoms with E-state index in [1.807, 2.05) is 25.1 Å². The number of carbonyl (C=O) groups excluding carboxylic acids is 1. The summed E-state index contributed by atoms with van der Waals surface area (Å²) in [6.45, 7) is 2.47. The van der Waals surface area contributed by atoms with Gasteiger partial charge in [0.25, 0.3) is 5.91 Å². The van der Waals surface area contributed by atoms with E-state index in [0.29, 0.717) is 24.0 Å². The van der Waals surface area contributed by atoms with Crippen LogP contribution in [0.4, 0.5) is 0 Å². The second kappa shape index (κ2) is 6.57. The number of nitrogens with two attached hydrogens (primary N) is 1. The standard InChI is InChI=1S/C15H22N2O2/c1-2-19-14-6-4-3-5-13(14)15(18)17-12-9-7-11(16)8-10-12/h3-6,11-12H,2,7-10,16H2,1H3,(H,17,18). The molecule has 1 aliphatic carbocycles. The molecule has 2 rings (SSSR count). The zero-order valence-corrected chi connectivity index (χ0v) is 11.4. The van der Waals surface area contributed by atoms with Crippen LogP contribution in [0, 0.1) is 0 Å². The predicted molar refractivity (Wildman–Crippen MR) is 75.3 cm³/mol. The van der Waals surface area contributed by atoms with E-state index in [0.717, 1.165) is 25.7 Å². The molecule has 1 saturated carbocycles. The Labute approximate surface area is 114 Å². The van der Waals surface area contributed by atoms with Gasteiger partial charge in [-0.05, 0) is 44.7 Å². The zero-order chi connectivity index (χ0) is 13.7. The fraction of sp³-hybridized carbons (Fsp3) is 0.533. The number of ether oxygens (including phenoxy) is 1. The number of hydrogen-bond donors (Lipinski definition) is 2. The Morgan fingerprint density at radius 3 is 2.68 bits per heavy atom. The van der Waals surface area contributed by atoms with Crippen LogP contribution in [-0.4, -0.2) is 24.6 Å². The van der Waals surface area contributed by atoms with E-state index in [1.165, 1.54) is 0 Å². The Kier molecular flexibility index (Phi) is 4.80. The van der Waals surface area contributed by atoms with E-state index in [9.17, 15) is 4.79 Å². The van der Waals surface area contributed by atoms with E-state index in [4.69, 9.17) is 10.5 Å². The van der Waals surface area contributed by atoms with Gasteiger partial charge in [-0.2, -0.15) is 0 Å². The number of benzene rings is 1. The van der Waals surface area contributed by atoms with Gasteiger partial charge in [-0.25, -0.2) is 0 Å². The van der Waals surface area contributed by atoms with Gasteiger partial charge in [0, 0.05) is 12.1 Å². The van der Waals surface area contributed by atoms with Crippen molar-refractivity contribution in [1.29, 1.82) is 0 Å². The number of rotatable bonds is 4. The molecular weight excluding hydrogens is 240 g/mol. The summed E-state index contributed by atoms with van der Waals surface area (Å²) in [6.07, 6.45) is 3.89. The molecule has 0 atom stereocenters. The van der Waals surface area contributed by atoms with Crippen molar-refractivity contribution in [2.45, 2.75) is 44.7 Å². The first-order valence-corrected chi connectivity index (χ1v) is 6.99. The molecular formula is C15H22N2O2. The summed E-state index contributed by atoms with van der Waals surface area (Å²) in [6, 6.07) is 7.89. The van der Waals surface area contributed by atoms with Crippen LogP contribution >= 0.6 is 0 Å². The third kappa shape index (κ3) is 3.70. The fourth-order valence-electron chi connectivity index (χ4n) is 2.46. The average Bonchev–Trinajstić information content (AvgIpc) is 2.42. The lowest BCUT2D eigenvalue weighted by Gasteiger charge is -2.27. The van der Waals surface area contributed by atoms with Gasteiger partial charge in [-0.1, -0.05) is 12.1 Å². The minimum Gasteiger partial charge on any atom is -0.493 e. The first-order valence-electron chi connectivity index (χ1n) is 6.99. The smallest absolute Gasteiger partial charge is 0.255 e. The maximum Gasteiger partial charge on any atom is 0.255 e. The van der Waals surface area contributed by atoms with Crippen molar-refractivity contribution in [3.63, 3.8) is 0 Å². The lowest BCUT2D eigenvalue weighted by Crippen LogP contribution is -2.40. The molecule has 0 aliphatic heterocycles. The molecule has 1 fully saturated rings.